The van der Waals surface area contributed by atoms with E-state index in [1.165, 1.54) is 151 Å². The second-order valence-corrected chi connectivity index (χ2v) is 29.6. The summed E-state index contributed by atoms with van der Waals surface area (Å²) >= 11 is 3.73. The van der Waals surface area contributed by atoms with Gasteiger partial charge in [-0.25, -0.2) is 0 Å². The highest BCUT2D eigenvalue weighted by molar-refractivity contribution is 7.26. The minimum Gasteiger partial charge on any atom is -0.310 e. The average molecular weight is 1410 g/mol. The van der Waals surface area contributed by atoms with Crippen LogP contribution in [0.15, 0.2) is 425 Å². The molecule has 0 fully saturated rings. The molecule has 108 heavy (non-hydrogen) atoms. The Bertz CT molecular complexity index is 6630. The molecule has 0 radical (unpaired) electrons. The Morgan fingerprint density at radius 1 is 0.157 bits per heavy atom. The Morgan fingerprint density at radius 2 is 0.472 bits per heavy atom. The average Bonchev–Trinajstić information content (AvgIpc) is 1.56. The van der Waals surface area contributed by atoms with Gasteiger partial charge in [0.2, 0.25) is 0 Å². The van der Waals surface area contributed by atoms with Crippen LogP contribution in [0.25, 0.3) is 151 Å². The van der Waals surface area contributed by atoms with Gasteiger partial charge in [0.25, 0.3) is 0 Å². The van der Waals surface area contributed by atoms with Gasteiger partial charge in [-0.3, -0.25) is 0 Å². The molecule has 508 valence electrons. The molecule has 0 N–H and O–H groups in total. The van der Waals surface area contributed by atoms with Gasteiger partial charge in [-0.05, 0) is 184 Å². The van der Waals surface area contributed by atoms with Gasteiger partial charge >= 0.3 is 0 Å². The molecule has 18 aromatic carbocycles. The maximum absolute atomic E-state index is 2.47. The first-order valence-electron chi connectivity index (χ1n) is 36.8. The van der Waals surface area contributed by atoms with E-state index in [1.807, 2.05) is 22.7 Å². The highest BCUT2D eigenvalue weighted by atomic mass is 32.1. The summed E-state index contributed by atoms with van der Waals surface area (Å²) in [5.74, 6) is 0. The minimum absolute atomic E-state index is 1.11. The standard InChI is InChI=1S/2C52H35NS/c1-3-13-36(14-4-1)38-25-28-41(29-26-38)46-20-11-23-49-51(46)52-48(22-12-24-50(52)54-49)53(47-21-10-9-19-45(47)40-16-5-2-6-17-40)44-33-31-39(32-34-44)43-30-27-37-15-7-8-18-42(37)35-43;1-3-12-36(13-4-1)38-22-25-41(26-23-38)47-19-11-21-50-52(47)48-33-32-45(35-51(48)54-50)53(49-20-10-9-18-46(49)40-15-5-2-6-16-40)44-30-28-39(29-31-44)43-27-24-37-14-7-8-17-42(37)34-43/h2*1-35H. The van der Waals surface area contributed by atoms with Gasteiger partial charge in [0.15, 0.2) is 0 Å². The van der Waals surface area contributed by atoms with Gasteiger partial charge in [0.1, 0.15) is 0 Å². The first-order valence-corrected chi connectivity index (χ1v) is 38.5. The zero-order valence-electron chi connectivity index (χ0n) is 59.1. The monoisotopic (exact) mass is 1410 g/mol. The second kappa shape index (κ2) is 28.9. The van der Waals surface area contributed by atoms with Gasteiger partial charge in [0.05, 0.1) is 17.1 Å². The Kier molecular flexibility index (Phi) is 17.5. The summed E-state index contributed by atoms with van der Waals surface area (Å²) in [7, 11) is 0. The molecule has 0 saturated heterocycles. The quantitative estimate of drug-likeness (QED) is 0.107. The molecule has 0 aliphatic carbocycles. The first-order chi connectivity index (χ1) is 53.5. The van der Waals surface area contributed by atoms with Crippen molar-refractivity contribution in [3.63, 3.8) is 0 Å². The molecule has 0 unspecified atom stereocenters. The van der Waals surface area contributed by atoms with E-state index in [-0.39, 0.29) is 0 Å². The van der Waals surface area contributed by atoms with E-state index in [0.717, 1.165) is 34.1 Å². The van der Waals surface area contributed by atoms with E-state index in [0.29, 0.717) is 0 Å². The molecule has 0 atom stereocenters. The van der Waals surface area contributed by atoms with Crippen molar-refractivity contribution < 1.29 is 0 Å². The van der Waals surface area contributed by atoms with Crippen LogP contribution in [0.2, 0.25) is 0 Å². The summed E-state index contributed by atoms with van der Waals surface area (Å²) in [4.78, 5) is 4.88. The van der Waals surface area contributed by atoms with Gasteiger partial charge in [-0.1, -0.05) is 340 Å². The van der Waals surface area contributed by atoms with Crippen LogP contribution in [0, 0.1) is 0 Å². The van der Waals surface area contributed by atoms with E-state index in [2.05, 4.69) is 434 Å². The number of hydrogen-bond donors (Lipinski definition) is 0. The largest absolute Gasteiger partial charge is 0.310 e. The number of hydrogen-bond acceptors (Lipinski definition) is 4. The number of benzene rings is 18. The van der Waals surface area contributed by atoms with Crippen LogP contribution < -0.4 is 9.80 Å². The first kappa shape index (κ1) is 65.3. The van der Waals surface area contributed by atoms with Crippen LogP contribution >= 0.6 is 22.7 Å². The van der Waals surface area contributed by atoms with E-state index in [4.69, 9.17) is 0 Å². The molecule has 20 rings (SSSR count). The molecular formula is C104H70N2S2. The van der Waals surface area contributed by atoms with Crippen molar-refractivity contribution in [2.45, 2.75) is 0 Å². The lowest BCUT2D eigenvalue weighted by Gasteiger charge is -2.29. The van der Waals surface area contributed by atoms with Crippen LogP contribution in [-0.2, 0) is 0 Å². The Hall–Kier alpha value is -13.5. The van der Waals surface area contributed by atoms with Crippen molar-refractivity contribution in [2.75, 3.05) is 9.80 Å². The molecule has 0 aliphatic rings. The third kappa shape index (κ3) is 12.6. The lowest BCUT2D eigenvalue weighted by atomic mass is 9.95. The zero-order valence-corrected chi connectivity index (χ0v) is 60.8. The summed E-state index contributed by atoms with van der Waals surface area (Å²) in [6.45, 7) is 0. The zero-order chi connectivity index (χ0) is 71.7. The summed E-state index contributed by atoms with van der Waals surface area (Å²) in [6.07, 6.45) is 0. The third-order valence-electron chi connectivity index (χ3n) is 21.0. The molecule has 2 nitrogen and oxygen atoms in total. The number of rotatable bonds is 14. The Morgan fingerprint density at radius 3 is 0.981 bits per heavy atom. The summed E-state index contributed by atoms with van der Waals surface area (Å²) in [5.41, 5.74) is 26.2. The van der Waals surface area contributed by atoms with Crippen molar-refractivity contribution in [1.29, 1.82) is 0 Å². The van der Waals surface area contributed by atoms with Gasteiger partial charge in [0, 0.05) is 68.5 Å². The summed E-state index contributed by atoms with van der Waals surface area (Å²) < 4.78 is 5.12. The Labute approximate surface area is 637 Å². The van der Waals surface area contributed by atoms with Gasteiger partial charge in [-0.2, -0.15) is 0 Å². The van der Waals surface area contributed by atoms with Gasteiger partial charge < -0.3 is 9.80 Å². The lowest BCUT2D eigenvalue weighted by molar-refractivity contribution is 1.29. The highest BCUT2D eigenvalue weighted by Gasteiger charge is 2.25. The molecule has 20 aromatic rings. The minimum atomic E-state index is 1.11. The number of fused-ring (bicyclic) bond motifs is 8. The Balaban J connectivity index is 0.000000147. The number of nitrogens with zero attached hydrogens (tertiary/aromatic N) is 2. The second-order valence-electron chi connectivity index (χ2n) is 27.4. The van der Waals surface area contributed by atoms with Crippen LogP contribution in [-0.4, -0.2) is 0 Å². The maximum atomic E-state index is 2.47. The van der Waals surface area contributed by atoms with E-state index in [9.17, 15) is 0 Å². The van der Waals surface area contributed by atoms with Crippen molar-refractivity contribution in [3.8, 4) is 89.0 Å². The molecular weight excluding hydrogens is 1340 g/mol. The fourth-order valence-electron chi connectivity index (χ4n) is 15.7. The molecule has 2 heterocycles. The van der Waals surface area contributed by atoms with Crippen molar-refractivity contribution in [1.82, 2.24) is 0 Å². The summed E-state index contributed by atoms with van der Waals surface area (Å²) in [6, 6.07) is 154. The highest BCUT2D eigenvalue weighted by Crippen LogP contribution is 2.51. The molecule has 0 bridgehead atoms. The molecule has 4 heteroatoms. The predicted octanol–water partition coefficient (Wildman–Crippen LogP) is 30.7. The van der Waals surface area contributed by atoms with Crippen LogP contribution in [0.1, 0.15) is 0 Å². The van der Waals surface area contributed by atoms with Crippen molar-refractivity contribution >= 4 is 119 Å². The van der Waals surface area contributed by atoms with Gasteiger partial charge in [-0.15, -0.1) is 22.7 Å². The normalized spacial score (nSPS) is 11.3. The summed E-state index contributed by atoms with van der Waals surface area (Å²) in [5, 5.41) is 10.2. The van der Waals surface area contributed by atoms with Crippen LogP contribution in [0.4, 0.5) is 34.1 Å². The number of para-hydroxylation sites is 2. The number of anilines is 6. The van der Waals surface area contributed by atoms with Crippen molar-refractivity contribution in [3.05, 3.63) is 425 Å². The predicted molar refractivity (Wildman–Crippen MR) is 467 cm³/mol. The smallest absolute Gasteiger partial charge is 0.0555 e. The van der Waals surface area contributed by atoms with Crippen LogP contribution in [0.3, 0.4) is 0 Å². The SMILES string of the molecule is c1ccc(-c2ccc(-c3cccc4sc5cc(N(c6ccc(-c7ccc8ccccc8c7)cc6)c6ccccc6-c6ccccc6)ccc5c34)cc2)cc1.c1ccc(-c2ccc(-c3cccc4sc5cccc(N(c6ccc(-c7ccc8ccccc8c7)cc6)c6ccccc6-c6ccccc6)c5c34)cc2)cc1. The van der Waals surface area contributed by atoms with E-state index >= 15 is 0 Å². The molecule has 2 aromatic heterocycles. The fourth-order valence-corrected chi connectivity index (χ4v) is 18.0. The molecule has 0 spiro atoms. The molecule has 0 amide bonds. The third-order valence-corrected chi connectivity index (χ3v) is 23.2. The van der Waals surface area contributed by atoms with Crippen molar-refractivity contribution in [2.24, 2.45) is 0 Å². The van der Waals surface area contributed by atoms with Crippen LogP contribution in [0.5, 0.6) is 0 Å². The fraction of sp³-hybridized carbons (Fsp3) is 0. The maximum Gasteiger partial charge on any atom is 0.0555 e. The molecule has 0 aliphatic heterocycles. The topological polar surface area (TPSA) is 6.48 Å². The number of thiophene rings is 2. The van der Waals surface area contributed by atoms with E-state index < -0.39 is 0 Å². The van der Waals surface area contributed by atoms with E-state index in [1.54, 1.807) is 0 Å². The molecule has 0 saturated carbocycles. The lowest BCUT2D eigenvalue weighted by Crippen LogP contribution is -2.11.